The van der Waals surface area contributed by atoms with E-state index in [1.807, 2.05) is 4.90 Å². The van der Waals surface area contributed by atoms with Gasteiger partial charge in [-0.15, -0.1) is 0 Å². The molecule has 1 aromatic carbocycles. The fraction of sp³-hybridized carbons (Fsp3) is 0.500. The van der Waals surface area contributed by atoms with E-state index in [1.54, 1.807) is 18.2 Å². The van der Waals surface area contributed by atoms with Crippen LogP contribution in [0.2, 0.25) is 5.02 Å². The highest BCUT2D eigenvalue weighted by atomic mass is 35.5. The Morgan fingerprint density at radius 2 is 2.05 bits per heavy atom. The zero-order valence-electron chi connectivity index (χ0n) is 11.4. The fourth-order valence-corrected chi connectivity index (χ4v) is 2.46. The Labute approximate surface area is 126 Å². The van der Waals surface area contributed by atoms with Gasteiger partial charge in [0.15, 0.2) is 6.61 Å². The lowest BCUT2D eigenvalue weighted by Crippen LogP contribution is -2.38. The number of hydrogen-bond donors (Lipinski definition) is 1. The first-order valence-electron chi connectivity index (χ1n) is 6.65. The summed E-state index contributed by atoms with van der Waals surface area (Å²) in [6.45, 7) is 1.06. The van der Waals surface area contributed by atoms with Gasteiger partial charge < -0.3 is 10.5 Å². The first kappa shape index (κ1) is 16.0. The van der Waals surface area contributed by atoms with Crippen molar-refractivity contribution in [2.45, 2.75) is 25.3 Å². The van der Waals surface area contributed by atoms with E-state index in [1.165, 1.54) is 0 Å². The van der Waals surface area contributed by atoms with Gasteiger partial charge in [0.05, 0.1) is 5.02 Å². The first-order valence-corrected chi connectivity index (χ1v) is 7.03. The minimum atomic E-state index is -2.54. The Morgan fingerprint density at radius 3 is 2.62 bits per heavy atom. The number of likely N-dealkylation sites (tertiary alicyclic amines) is 1. The van der Waals surface area contributed by atoms with Crippen LogP contribution in [-0.2, 0) is 11.3 Å². The minimum Gasteiger partial charge on any atom is -0.482 e. The summed E-state index contributed by atoms with van der Waals surface area (Å²) in [5.74, 6) is -2.74. The molecular weight excluding hydrogens is 302 g/mol. The highest BCUT2D eigenvalue weighted by molar-refractivity contribution is 6.32. The molecule has 21 heavy (non-hydrogen) atoms. The van der Waals surface area contributed by atoms with Crippen LogP contribution >= 0.6 is 11.6 Å². The molecule has 2 N–H and O–H groups in total. The highest BCUT2D eigenvalue weighted by Gasteiger charge is 2.33. The quantitative estimate of drug-likeness (QED) is 0.907. The van der Waals surface area contributed by atoms with Crippen molar-refractivity contribution in [2.75, 3.05) is 19.7 Å². The van der Waals surface area contributed by atoms with E-state index < -0.39 is 11.8 Å². The van der Waals surface area contributed by atoms with Crippen LogP contribution in [0, 0.1) is 0 Å². The predicted molar refractivity (Wildman–Crippen MR) is 75.6 cm³/mol. The van der Waals surface area contributed by atoms with E-state index in [9.17, 15) is 13.6 Å². The Balaban J connectivity index is 1.93. The van der Waals surface area contributed by atoms with Crippen molar-refractivity contribution in [3.05, 3.63) is 28.8 Å². The summed E-state index contributed by atoms with van der Waals surface area (Å²) in [5.41, 5.74) is 5.90. The monoisotopic (exact) mass is 318 g/mol. The Morgan fingerprint density at radius 1 is 1.38 bits per heavy atom. The third-order valence-corrected chi connectivity index (χ3v) is 3.66. The lowest BCUT2D eigenvalue weighted by molar-refractivity contribution is -0.119. The number of halogens is 3. The van der Waals surface area contributed by atoms with Crippen molar-refractivity contribution >= 4 is 17.5 Å². The van der Waals surface area contributed by atoms with Gasteiger partial charge in [-0.25, -0.2) is 8.78 Å². The summed E-state index contributed by atoms with van der Waals surface area (Å²) >= 11 is 6.06. The number of nitrogens with zero attached hydrogens (tertiary/aromatic N) is 1. The van der Waals surface area contributed by atoms with E-state index >= 15 is 0 Å². The van der Waals surface area contributed by atoms with E-state index in [2.05, 4.69) is 0 Å². The maximum atomic E-state index is 13.1. The number of primary amides is 1. The number of piperidine rings is 1. The van der Waals surface area contributed by atoms with Crippen LogP contribution in [-0.4, -0.2) is 36.4 Å². The third-order valence-electron chi connectivity index (χ3n) is 3.36. The second-order valence-corrected chi connectivity index (χ2v) is 5.56. The summed E-state index contributed by atoms with van der Waals surface area (Å²) in [6.07, 6.45) is -0.221. The van der Waals surface area contributed by atoms with Crippen molar-refractivity contribution in [1.82, 2.24) is 4.90 Å². The lowest BCUT2D eigenvalue weighted by atomic mass is 10.1. The van der Waals surface area contributed by atoms with E-state index in [0.717, 1.165) is 5.56 Å². The number of nitrogens with two attached hydrogens (primary N) is 1. The van der Waals surface area contributed by atoms with Gasteiger partial charge in [0, 0.05) is 32.5 Å². The molecule has 4 nitrogen and oxygen atoms in total. The van der Waals surface area contributed by atoms with Crippen molar-refractivity contribution < 1.29 is 18.3 Å². The SMILES string of the molecule is NC(=O)COc1ccc(CN2CCC(F)(F)CC2)cc1Cl. The molecule has 2 rings (SSSR count). The Bertz CT molecular complexity index is 516. The average Bonchev–Trinajstić information content (AvgIpc) is 2.40. The number of amides is 1. The Kier molecular flexibility index (Phi) is 5.00. The molecule has 0 atom stereocenters. The maximum absolute atomic E-state index is 13.1. The topological polar surface area (TPSA) is 55.6 Å². The maximum Gasteiger partial charge on any atom is 0.255 e. The van der Waals surface area contributed by atoms with Crippen molar-refractivity contribution in [2.24, 2.45) is 5.73 Å². The van der Waals surface area contributed by atoms with E-state index in [0.29, 0.717) is 30.4 Å². The molecule has 1 aliphatic rings. The van der Waals surface area contributed by atoms with Crippen LogP contribution in [0.1, 0.15) is 18.4 Å². The summed E-state index contributed by atoms with van der Waals surface area (Å²) in [6, 6.07) is 5.17. The number of alkyl halides is 2. The van der Waals surface area contributed by atoms with Crippen LogP contribution in [0.5, 0.6) is 5.75 Å². The summed E-state index contributed by atoms with van der Waals surface area (Å²) in [4.78, 5) is 12.6. The average molecular weight is 319 g/mol. The molecule has 0 spiro atoms. The smallest absolute Gasteiger partial charge is 0.255 e. The summed E-state index contributed by atoms with van der Waals surface area (Å²) < 4.78 is 31.3. The number of ether oxygens (including phenoxy) is 1. The molecule has 1 aromatic rings. The number of hydrogen-bond acceptors (Lipinski definition) is 3. The van der Waals surface area contributed by atoms with Crippen LogP contribution in [0.15, 0.2) is 18.2 Å². The van der Waals surface area contributed by atoms with Crippen LogP contribution in [0.3, 0.4) is 0 Å². The predicted octanol–water partition coefficient (Wildman–Crippen LogP) is 2.44. The van der Waals surface area contributed by atoms with Gasteiger partial charge in [-0.3, -0.25) is 9.69 Å². The molecule has 0 aliphatic carbocycles. The first-order chi connectivity index (χ1) is 9.85. The van der Waals surface area contributed by atoms with Crippen molar-refractivity contribution in [3.8, 4) is 5.75 Å². The zero-order valence-corrected chi connectivity index (χ0v) is 12.2. The fourth-order valence-electron chi connectivity index (χ4n) is 2.21. The number of carbonyl (C=O) groups is 1. The van der Waals surface area contributed by atoms with Gasteiger partial charge in [0.1, 0.15) is 5.75 Å². The molecule has 0 saturated carbocycles. The lowest BCUT2D eigenvalue weighted by Gasteiger charge is -2.31. The summed E-state index contributed by atoms with van der Waals surface area (Å²) in [5, 5.41) is 0.371. The van der Waals surface area contributed by atoms with Gasteiger partial charge in [-0.2, -0.15) is 0 Å². The highest BCUT2D eigenvalue weighted by Crippen LogP contribution is 2.30. The van der Waals surface area contributed by atoms with Crippen molar-refractivity contribution in [3.63, 3.8) is 0 Å². The van der Waals surface area contributed by atoms with Gasteiger partial charge in [-0.05, 0) is 17.7 Å². The van der Waals surface area contributed by atoms with Gasteiger partial charge in [0.2, 0.25) is 0 Å². The van der Waals surface area contributed by atoms with Gasteiger partial charge in [0.25, 0.3) is 11.8 Å². The summed E-state index contributed by atoms with van der Waals surface area (Å²) in [7, 11) is 0. The van der Waals surface area contributed by atoms with E-state index in [4.69, 9.17) is 22.1 Å². The second-order valence-electron chi connectivity index (χ2n) is 5.15. The molecule has 0 bridgehead atoms. The molecule has 0 radical (unpaired) electrons. The zero-order chi connectivity index (χ0) is 15.5. The van der Waals surface area contributed by atoms with E-state index in [-0.39, 0.29) is 19.4 Å². The van der Waals surface area contributed by atoms with Crippen LogP contribution in [0.4, 0.5) is 8.78 Å². The molecule has 0 aromatic heterocycles. The molecule has 1 saturated heterocycles. The van der Waals surface area contributed by atoms with Gasteiger partial charge in [-0.1, -0.05) is 17.7 Å². The Hall–Kier alpha value is -1.40. The van der Waals surface area contributed by atoms with Crippen LogP contribution < -0.4 is 10.5 Å². The second kappa shape index (κ2) is 6.58. The largest absolute Gasteiger partial charge is 0.482 e. The number of rotatable bonds is 5. The molecule has 1 fully saturated rings. The molecule has 116 valence electrons. The molecule has 1 aliphatic heterocycles. The minimum absolute atomic E-state index is 0.111. The molecular formula is C14H17ClF2N2O2. The van der Waals surface area contributed by atoms with Crippen molar-refractivity contribution in [1.29, 1.82) is 0 Å². The normalized spacial score (nSPS) is 18.4. The van der Waals surface area contributed by atoms with Gasteiger partial charge >= 0.3 is 0 Å². The molecule has 0 unspecified atom stereocenters. The molecule has 7 heteroatoms. The number of benzene rings is 1. The molecule has 1 amide bonds. The third kappa shape index (κ3) is 4.82. The molecule has 1 heterocycles. The number of carbonyl (C=O) groups excluding carboxylic acids is 1. The van der Waals surface area contributed by atoms with Crippen LogP contribution in [0.25, 0.3) is 0 Å². The standard InChI is InChI=1S/C14H17ClF2N2O2/c15-11-7-10(1-2-12(11)21-9-13(18)20)8-19-5-3-14(16,17)4-6-19/h1-2,7H,3-6,8-9H2,(H2,18,20).